The first kappa shape index (κ1) is 15.6. The van der Waals surface area contributed by atoms with Gasteiger partial charge in [-0.05, 0) is 66.3 Å². The summed E-state index contributed by atoms with van der Waals surface area (Å²) in [6.07, 6.45) is 7.28. The molecule has 2 aliphatic carbocycles. The molecule has 4 aromatic rings. The van der Waals surface area contributed by atoms with E-state index in [1.807, 2.05) is 11.3 Å². The van der Waals surface area contributed by atoms with Gasteiger partial charge in [0, 0.05) is 15.8 Å². The highest BCUT2D eigenvalue weighted by atomic mass is 32.1. The zero-order chi connectivity index (χ0) is 17.8. The van der Waals surface area contributed by atoms with Crippen LogP contribution in [-0.4, -0.2) is 4.98 Å². The number of thiophene rings is 1. The second-order valence-corrected chi connectivity index (χ2v) is 8.81. The number of benzene rings is 2. The van der Waals surface area contributed by atoms with Gasteiger partial charge in [-0.3, -0.25) is 0 Å². The fourth-order valence-corrected chi connectivity index (χ4v) is 6.22. The summed E-state index contributed by atoms with van der Waals surface area (Å²) >= 11 is 1.94. The van der Waals surface area contributed by atoms with Crippen LogP contribution in [0.3, 0.4) is 0 Å². The molecule has 2 aromatic carbocycles. The number of hydrogen-bond donors (Lipinski definition) is 0. The van der Waals surface area contributed by atoms with E-state index in [0.29, 0.717) is 0 Å². The van der Waals surface area contributed by atoms with Gasteiger partial charge in [0.15, 0.2) is 0 Å². The number of pyridine rings is 1. The van der Waals surface area contributed by atoms with Gasteiger partial charge in [-0.1, -0.05) is 54.6 Å². The lowest BCUT2D eigenvalue weighted by Crippen LogP contribution is -2.08. The molecule has 2 heteroatoms. The molecule has 6 rings (SSSR count). The first-order valence-electron chi connectivity index (χ1n) is 10.0. The number of aromatic nitrogens is 1. The van der Waals surface area contributed by atoms with E-state index in [1.165, 1.54) is 69.4 Å². The number of nitrogens with zero attached hydrogens (tertiary/aromatic N) is 1. The summed E-state index contributed by atoms with van der Waals surface area (Å²) in [5.74, 6) is 0. The van der Waals surface area contributed by atoms with Crippen molar-refractivity contribution in [2.24, 2.45) is 0 Å². The van der Waals surface area contributed by atoms with Gasteiger partial charge in [0.1, 0.15) is 4.83 Å². The molecule has 27 heavy (non-hydrogen) atoms. The first-order chi connectivity index (χ1) is 13.4. The van der Waals surface area contributed by atoms with Crippen LogP contribution < -0.4 is 0 Å². The maximum absolute atomic E-state index is 5.27. The van der Waals surface area contributed by atoms with Crippen molar-refractivity contribution in [2.45, 2.75) is 38.5 Å². The molecule has 0 fully saturated rings. The van der Waals surface area contributed by atoms with Crippen LogP contribution in [0.1, 0.15) is 34.4 Å². The molecule has 0 saturated carbocycles. The lowest BCUT2D eigenvalue weighted by atomic mass is 9.82. The third-order valence-corrected chi connectivity index (χ3v) is 7.37. The number of rotatable bonds is 1. The number of hydrogen-bond acceptors (Lipinski definition) is 2. The Labute approximate surface area is 163 Å². The van der Waals surface area contributed by atoms with Crippen molar-refractivity contribution >= 4 is 21.6 Å². The molecular formula is C25H21NS. The maximum Gasteiger partial charge on any atom is 0.125 e. The fourth-order valence-electron chi connectivity index (χ4n) is 4.94. The standard InChI is InChI=1S/C25H21NS/c1-2-9-17(10-3-1)22-20-15-14-16-8-4-5-11-18(16)24(20)26-25-23(22)19-12-6-7-13-21(19)27-25/h1-5,8-11H,6-7,12-15H2. The minimum atomic E-state index is 1.09. The van der Waals surface area contributed by atoms with Gasteiger partial charge < -0.3 is 0 Å². The third-order valence-electron chi connectivity index (χ3n) is 6.18. The van der Waals surface area contributed by atoms with Crippen molar-refractivity contribution in [2.75, 3.05) is 0 Å². The van der Waals surface area contributed by atoms with Crippen molar-refractivity contribution in [1.29, 1.82) is 0 Å². The summed E-state index contributed by atoms with van der Waals surface area (Å²) in [5, 5.41) is 1.46. The van der Waals surface area contributed by atoms with Crippen LogP contribution in [0.15, 0.2) is 54.6 Å². The van der Waals surface area contributed by atoms with Gasteiger partial charge in [0.05, 0.1) is 5.69 Å². The normalized spacial score (nSPS) is 15.3. The summed E-state index contributed by atoms with van der Waals surface area (Å²) in [4.78, 5) is 8.09. The molecule has 132 valence electrons. The van der Waals surface area contributed by atoms with E-state index in [4.69, 9.17) is 4.98 Å². The number of aryl methyl sites for hydroxylation is 3. The van der Waals surface area contributed by atoms with Crippen molar-refractivity contribution in [3.05, 3.63) is 76.2 Å². The summed E-state index contributed by atoms with van der Waals surface area (Å²) < 4.78 is 0. The first-order valence-corrected chi connectivity index (χ1v) is 10.8. The summed E-state index contributed by atoms with van der Waals surface area (Å²) in [6, 6.07) is 19.9. The summed E-state index contributed by atoms with van der Waals surface area (Å²) in [6.45, 7) is 0. The van der Waals surface area contributed by atoms with Crippen LogP contribution in [0, 0.1) is 0 Å². The van der Waals surface area contributed by atoms with Crippen molar-refractivity contribution < 1.29 is 0 Å². The lowest BCUT2D eigenvalue weighted by molar-refractivity contribution is 0.700. The van der Waals surface area contributed by atoms with Crippen molar-refractivity contribution in [3.8, 4) is 22.4 Å². The largest absolute Gasteiger partial charge is 0.237 e. The second-order valence-electron chi connectivity index (χ2n) is 7.73. The predicted molar refractivity (Wildman–Crippen MR) is 115 cm³/mol. The Bertz CT molecular complexity index is 1170. The van der Waals surface area contributed by atoms with E-state index in [-0.39, 0.29) is 0 Å². The molecule has 2 aliphatic rings. The van der Waals surface area contributed by atoms with Crippen LogP contribution in [0.4, 0.5) is 0 Å². The third kappa shape index (κ3) is 2.33. The molecule has 0 aliphatic heterocycles. The SMILES string of the molecule is c1ccc(-c2c3c(nc4sc5c(c24)CCCC5)-c2ccccc2CC3)cc1. The van der Waals surface area contributed by atoms with Gasteiger partial charge in [-0.25, -0.2) is 4.98 Å². The average Bonchev–Trinajstić information content (AvgIpc) is 3.11. The maximum atomic E-state index is 5.27. The van der Waals surface area contributed by atoms with Gasteiger partial charge in [-0.15, -0.1) is 11.3 Å². The minimum absolute atomic E-state index is 1.09. The van der Waals surface area contributed by atoms with E-state index < -0.39 is 0 Å². The van der Waals surface area contributed by atoms with Gasteiger partial charge in [-0.2, -0.15) is 0 Å². The van der Waals surface area contributed by atoms with Crippen LogP contribution >= 0.6 is 11.3 Å². The Hall–Kier alpha value is -2.45. The van der Waals surface area contributed by atoms with E-state index in [2.05, 4.69) is 54.6 Å². The van der Waals surface area contributed by atoms with Crippen LogP contribution in [-0.2, 0) is 25.7 Å². The highest BCUT2D eigenvalue weighted by molar-refractivity contribution is 7.19. The Kier molecular flexibility index (Phi) is 3.48. The molecule has 0 saturated heterocycles. The molecule has 0 bridgehead atoms. The average molecular weight is 368 g/mol. The van der Waals surface area contributed by atoms with E-state index >= 15 is 0 Å². The monoisotopic (exact) mass is 367 g/mol. The molecule has 0 amide bonds. The molecule has 0 atom stereocenters. The highest BCUT2D eigenvalue weighted by Crippen LogP contribution is 2.46. The van der Waals surface area contributed by atoms with Crippen LogP contribution in [0.5, 0.6) is 0 Å². The smallest absolute Gasteiger partial charge is 0.125 e. The fraction of sp³-hybridized carbons (Fsp3) is 0.240. The molecule has 0 N–H and O–H groups in total. The van der Waals surface area contributed by atoms with Crippen LogP contribution in [0.25, 0.3) is 32.6 Å². The highest BCUT2D eigenvalue weighted by Gasteiger charge is 2.27. The Morgan fingerprint density at radius 3 is 2.48 bits per heavy atom. The Balaban J connectivity index is 1.75. The summed E-state index contributed by atoms with van der Waals surface area (Å²) in [5.41, 5.74) is 9.87. The zero-order valence-corrected chi connectivity index (χ0v) is 16.1. The van der Waals surface area contributed by atoms with Gasteiger partial charge in [0.25, 0.3) is 0 Å². The van der Waals surface area contributed by atoms with Crippen molar-refractivity contribution in [1.82, 2.24) is 4.98 Å². The molecule has 0 unspecified atom stereocenters. The van der Waals surface area contributed by atoms with E-state index in [0.717, 1.165) is 12.8 Å². The molecule has 2 aromatic heterocycles. The molecule has 2 heterocycles. The van der Waals surface area contributed by atoms with Gasteiger partial charge >= 0.3 is 0 Å². The van der Waals surface area contributed by atoms with E-state index in [1.54, 1.807) is 10.4 Å². The molecule has 0 spiro atoms. The van der Waals surface area contributed by atoms with Crippen molar-refractivity contribution in [3.63, 3.8) is 0 Å². The predicted octanol–water partition coefficient (Wildman–Crippen LogP) is 6.61. The quantitative estimate of drug-likeness (QED) is 0.369. The Morgan fingerprint density at radius 1 is 0.741 bits per heavy atom. The summed E-state index contributed by atoms with van der Waals surface area (Å²) in [7, 11) is 0. The van der Waals surface area contributed by atoms with Gasteiger partial charge in [0.2, 0.25) is 0 Å². The molecular weight excluding hydrogens is 346 g/mol. The molecule has 1 nitrogen and oxygen atoms in total. The zero-order valence-electron chi connectivity index (χ0n) is 15.3. The molecule has 0 radical (unpaired) electrons. The minimum Gasteiger partial charge on any atom is -0.237 e. The second kappa shape index (κ2) is 6.03. The van der Waals surface area contributed by atoms with Crippen LogP contribution in [0.2, 0.25) is 0 Å². The topological polar surface area (TPSA) is 12.9 Å². The lowest BCUT2D eigenvalue weighted by Gasteiger charge is -2.23. The Morgan fingerprint density at radius 2 is 1.56 bits per heavy atom. The number of fused-ring (bicyclic) bond motifs is 6. The van der Waals surface area contributed by atoms with E-state index in [9.17, 15) is 0 Å².